The summed E-state index contributed by atoms with van der Waals surface area (Å²) >= 11 is 0. The number of ether oxygens (including phenoxy) is 2. The van der Waals surface area contributed by atoms with E-state index in [2.05, 4.69) is 0 Å². The molecule has 0 unspecified atom stereocenters. The minimum Gasteiger partial charge on any atom is -0.508 e. The summed E-state index contributed by atoms with van der Waals surface area (Å²) < 4.78 is 11.3. The molecule has 6 nitrogen and oxygen atoms in total. The predicted octanol–water partition coefficient (Wildman–Crippen LogP) is 4.75. The molecule has 0 atom stereocenters. The van der Waals surface area contributed by atoms with Crippen molar-refractivity contribution in [3.05, 3.63) is 41.5 Å². The molecule has 2 aromatic carbocycles. The summed E-state index contributed by atoms with van der Waals surface area (Å²) in [4.78, 5) is 13.6. The number of nitrogens with zero attached hydrogens (tertiary/aromatic N) is 1. The Morgan fingerprint density at radius 1 is 1.12 bits per heavy atom. The van der Waals surface area contributed by atoms with Gasteiger partial charge in [0.25, 0.3) is 0 Å². The number of carbonyl (C=O) groups is 1. The van der Waals surface area contributed by atoms with E-state index >= 15 is 0 Å². The first-order valence-corrected chi connectivity index (χ1v) is 8.32. The number of rotatable bonds is 3. The van der Waals surface area contributed by atoms with Gasteiger partial charge in [0.15, 0.2) is 0 Å². The second-order valence-corrected chi connectivity index (χ2v) is 7.27. The summed E-state index contributed by atoms with van der Waals surface area (Å²) in [5.41, 5.74) is 7.86. The normalized spacial score (nSPS) is 11.2. The number of phenols is 1. The Balaban J connectivity index is 2.30. The summed E-state index contributed by atoms with van der Waals surface area (Å²) in [5.74, 6) is 1.37. The lowest BCUT2D eigenvalue weighted by Crippen LogP contribution is -2.34. The van der Waals surface area contributed by atoms with E-state index in [9.17, 15) is 9.90 Å². The van der Waals surface area contributed by atoms with E-state index in [1.54, 1.807) is 65.1 Å². The number of phenolic OH excluding ortho intramolecular Hbond substituents is 1. The molecule has 26 heavy (non-hydrogen) atoms. The number of aryl methyl sites for hydroxylation is 2. The smallest absolute Gasteiger partial charge is 0.414 e. The molecule has 1 amide bonds. The highest BCUT2D eigenvalue weighted by Crippen LogP contribution is 2.34. The number of nitrogen functional groups attached to an aromatic ring is 1. The Hall–Kier alpha value is -2.89. The van der Waals surface area contributed by atoms with Crippen molar-refractivity contribution in [3.8, 4) is 17.2 Å². The average Bonchev–Trinajstić information content (AvgIpc) is 2.52. The van der Waals surface area contributed by atoms with Crippen molar-refractivity contribution in [2.24, 2.45) is 0 Å². The van der Waals surface area contributed by atoms with Gasteiger partial charge in [0.05, 0.1) is 11.4 Å². The van der Waals surface area contributed by atoms with Crippen molar-refractivity contribution in [2.45, 2.75) is 40.2 Å². The number of carbonyl (C=O) groups excluding carboxylic acids is 1. The largest absolute Gasteiger partial charge is 0.508 e. The average molecular weight is 358 g/mol. The first-order valence-electron chi connectivity index (χ1n) is 8.32. The van der Waals surface area contributed by atoms with Gasteiger partial charge in [-0.2, -0.15) is 0 Å². The molecule has 140 valence electrons. The minimum atomic E-state index is -0.602. The van der Waals surface area contributed by atoms with Crippen LogP contribution in [0.4, 0.5) is 16.2 Å². The Morgan fingerprint density at radius 3 is 2.38 bits per heavy atom. The van der Waals surface area contributed by atoms with Crippen LogP contribution in [-0.2, 0) is 4.74 Å². The number of anilines is 2. The van der Waals surface area contributed by atoms with Gasteiger partial charge in [-0.3, -0.25) is 4.90 Å². The minimum absolute atomic E-state index is 0.220. The molecule has 0 fully saturated rings. The third-order valence-electron chi connectivity index (χ3n) is 3.75. The van der Waals surface area contributed by atoms with Gasteiger partial charge in [-0.15, -0.1) is 0 Å². The maximum Gasteiger partial charge on any atom is 0.414 e. The molecule has 3 N–H and O–H groups in total. The Bertz CT molecular complexity index is 825. The lowest BCUT2D eigenvalue weighted by molar-refractivity contribution is 0.0589. The van der Waals surface area contributed by atoms with E-state index in [1.165, 1.54) is 4.90 Å². The lowest BCUT2D eigenvalue weighted by Gasteiger charge is -2.25. The number of amides is 1. The first kappa shape index (κ1) is 19.4. The van der Waals surface area contributed by atoms with E-state index in [-0.39, 0.29) is 5.75 Å². The number of hydrogen-bond acceptors (Lipinski definition) is 5. The van der Waals surface area contributed by atoms with Crippen molar-refractivity contribution in [1.29, 1.82) is 0 Å². The quantitative estimate of drug-likeness (QED) is 0.773. The van der Waals surface area contributed by atoms with Crippen molar-refractivity contribution >= 4 is 17.5 Å². The topological polar surface area (TPSA) is 85.0 Å². The van der Waals surface area contributed by atoms with E-state index in [4.69, 9.17) is 15.2 Å². The monoisotopic (exact) mass is 358 g/mol. The fraction of sp³-hybridized carbons (Fsp3) is 0.350. The van der Waals surface area contributed by atoms with Crippen molar-refractivity contribution in [3.63, 3.8) is 0 Å². The molecule has 0 saturated carbocycles. The molecule has 0 spiro atoms. The molecule has 0 heterocycles. The molecule has 0 aliphatic rings. The van der Waals surface area contributed by atoms with E-state index in [0.717, 1.165) is 5.56 Å². The summed E-state index contributed by atoms with van der Waals surface area (Å²) in [7, 11) is 1.60. The van der Waals surface area contributed by atoms with Crippen molar-refractivity contribution < 1.29 is 19.4 Å². The Morgan fingerprint density at radius 2 is 1.77 bits per heavy atom. The van der Waals surface area contributed by atoms with Gasteiger partial charge < -0.3 is 20.3 Å². The fourth-order valence-electron chi connectivity index (χ4n) is 2.32. The zero-order valence-electron chi connectivity index (χ0n) is 16.1. The third kappa shape index (κ3) is 4.59. The standard InChI is InChI=1S/C20H26N2O4/c1-12-10-18(13(2)9-17(12)23)25-14-7-8-15(21)16(11-14)22(6)19(24)26-20(3,4)5/h7-11,23H,21H2,1-6H3. The van der Waals surface area contributed by atoms with E-state index in [1.807, 2.05) is 6.92 Å². The van der Waals surface area contributed by atoms with E-state index < -0.39 is 11.7 Å². The predicted molar refractivity (Wildman–Crippen MR) is 103 cm³/mol. The second kappa shape index (κ2) is 7.15. The van der Waals surface area contributed by atoms with Crippen LogP contribution < -0.4 is 15.4 Å². The Kier molecular flexibility index (Phi) is 5.35. The molecular weight excluding hydrogens is 332 g/mol. The SMILES string of the molecule is Cc1cc(Oc2ccc(N)c(N(C)C(=O)OC(C)(C)C)c2)c(C)cc1O. The number of nitrogens with two attached hydrogens (primary N) is 1. The number of aromatic hydroxyl groups is 1. The number of hydrogen-bond donors (Lipinski definition) is 2. The Labute approximate surface area is 154 Å². The van der Waals surface area contributed by atoms with Crippen LogP contribution in [0.25, 0.3) is 0 Å². The van der Waals surface area contributed by atoms with Crippen LogP contribution in [-0.4, -0.2) is 23.8 Å². The van der Waals surface area contributed by atoms with E-state index in [0.29, 0.717) is 28.4 Å². The van der Waals surface area contributed by atoms with Gasteiger partial charge in [0.1, 0.15) is 22.8 Å². The molecule has 0 aliphatic carbocycles. The number of benzene rings is 2. The fourth-order valence-corrected chi connectivity index (χ4v) is 2.32. The van der Waals surface area contributed by atoms with Crippen LogP contribution in [0.15, 0.2) is 30.3 Å². The molecule has 2 aromatic rings. The van der Waals surface area contributed by atoms with Gasteiger partial charge in [-0.05, 0) is 70.0 Å². The summed E-state index contributed by atoms with van der Waals surface area (Å²) in [6.45, 7) is 9.05. The lowest BCUT2D eigenvalue weighted by atomic mass is 10.1. The molecule has 0 radical (unpaired) electrons. The summed E-state index contributed by atoms with van der Waals surface area (Å²) in [6.07, 6.45) is -0.502. The molecular formula is C20H26N2O4. The van der Waals surface area contributed by atoms with Gasteiger partial charge >= 0.3 is 6.09 Å². The van der Waals surface area contributed by atoms with Crippen LogP contribution in [0.3, 0.4) is 0 Å². The maximum atomic E-state index is 12.3. The van der Waals surface area contributed by atoms with Gasteiger partial charge in [0.2, 0.25) is 0 Å². The zero-order chi connectivity index (χ0) is 19.6. The summed E-state index contributed by atoms with van der Waals surface area (Å²) in [6, 6.07) is 8.49. The highest BCUT2D eigenvalue weighted by molar-refractivity contribution is 5.91. The van der Waals surface area contributed by atoms with Gasteiger partial charge in [0, 0.05) is 13.1 Å². The van der Waals surface area contributed by atoms with Crippen LogP contribution >= 0.6 is 0 Å². The van der Waals surface area contributed by atoms with Crippen molar-refractivity contribution in [2.75, 3.05) is 17.7 Å². The highest BCUT2D eigenvalue weighted by Gasteiger charge is 2.22. The molecule has 2 rings (SSSR count). The molecule has 0 saturated heterocycles. The molecule has 0 aliphatic heterocycles. The molecule has 0 bridgehead atoms. The second-order valence-electron chi connectivity index (χ2n) is 7.27. The maximum absolute atomic E-state index is 12.3. The van der Waals surface area contributed by atoms with Gasteiger partial charge in [-0.25, -0.2) is 4.79 Å². The molecule has 6 heteroatoms. The van der Waals surface area contributed by atoms with Crippen LogP contribution in [0.5, 0.6) is 17.2 Å². The highest BCUT2D eigenvalue weighted by atomic mass is 16.6. The van der Waals surface area contributed by atoms with Gasteiger partial charge in [-0.1, -0.05) is 0 Å². The summed E-state index contributed by atoms with van der Waals surface area (Å²) in [5, 5.41) is 9.77. The third-order valence-corrected chi connectivity index (χ3v) is 3.75. The van der Waals surface area contributed by atoms with Crippen LogP contribution in [0, 0.1) is 13.8 Å². The zero-order valence-corrected chi connectivity index (χ0v) is 16.1. The first-order chi connectivity index (χ1) is 12.0. The van der Waals surface area contributed by atoms with Crippen LogP contribution in [0.1, 0.15) is 31.9 Å². The van der Waals surface area contributed by atoms with Crippen molar-refractivity contribution in [1.82, 2.24) is 0 Å². The van der Waals surface area contributed by atoms with Crippen LogP contribution in [0.2, 0.25) is 0 Å². The molecule has 0 aromatic heterocycles.